The van der Waals surface area contributed by atoms with Crippen LogP contribution in [0.5, 0.6) is 0 Å². The third kappa shape index (κ3) is 1.54. The van der Waals surface area contributed by atoms with Gasteiger partial charge in [0.15, 0.2) is 0 Å². The fraction of sp³-hybridized carbons (Fsp3) is 0.333. The van der Waals surface area contributed by atoms with Gasteiger partial charge in [0.2, 0.25) is 0 Å². The smallest absolute Gasteiger partial charge is 0.121 e. The Morgan fingerprint density at radius 2 is 2.33 bits per heavy atom. The highest BCUT2D eigenvalue weighted by atomic mass is 32.1. The van der Waals surface area contributed by atoms with Crippen molar-refractivity contribution in [2.75, 3.05) is 0 Å². The zero-order valence-electron chi connectivity index (χ0n) is 7.14. The van der Waals surface area contributed by atoms with Crippen molar-refractivity contribution >= 4 is 12.2 Å². The minimum absolute atomic E-state index is 0.550. The van der Waals surface area contributed by atoms with Gasteiger partial charge in [-0.15, -0.1) is 0 Å². The number of aryl methyl sites for hydroxylation is 2. The second-order valence-corrected chi connectivity index (χ2v) is 3.06. The molecular formula is C9H10N2S. The largest absolute Gasteiger partial charge is 0.349 e. The van der Waals surface area contributed by atoms with Crippen molar-refractivity contribution in [2.24, 2.45) is 0 Å². The molecule has 0 spiro atoms. The molecule has 1 aromatic heterocycles. The van der Waals surface area contributed by atoms with Crippen molar-refractivity contribution in [3.63, 3.8) is 0 Å². The summed E-state index contributed by atoms with van der Waals surface area (Å²) in [6, 6.07) is 4.05. The number of hydrogen-bond acceptors (Lipinski definition) is 2. The van der Waals surface area contributed by atoms with E-state index in [1.165, 1.54) is 0 Å². The molecule has 0 atom stereocenters. The fourth-order valence-electron chi connectivity index (χ4n) is 1.09. The van der Waals surface area contributed by atoms with Crippen molar-refractivity contribution in [3.8, 4) is 6.07 Å². The van der Waals surface area contributed by atoms with Gasteiger partial charge >= 0.3 is 0 Å². The maximum Gasteiger partial charge on any atom is 0.121 e. The van der Waals surface area contributed by atoms with Crippen molar-refractivity contribution in [1.82, 2.24) is 4.98 Å². The van der Waals surface area contributed by atoms with Gasteiger partial charge in [-0.3, -0.25) is 0 Å². The summed E-state index contributed by atoms with van der Waals surface area (Å²) in [5.41, 5.74) is 2.62. The van der Waals surface area contributed by atoms with Crippen LogP contribution in [-0.2, 0) is 6.42 Å². The average molecular weight is 178 g/mol. The van der Waals surface area contributed by atoms with Gasteiger partial charge in [0.25, 0.3) is 0 Å². The van der Waals surface area contributed by atoms with Crippen molar-refractivity contribution in [2.45, 2.75) is 20.3 Å². The van der Waals surface area contributed by atoms with Crippen LogP contribution < -0.4 is 0 Å². The summed E-state index contributed by atoms with van der Waals surface area (Å²) in [6.45, 7) is 3.95. The van der Waals surface area contributed by atoms with Crippen molar-refractivity contribution in [3.05, 3.63) is 27.5 Å². The minimum atomic E-state index is 0.550. The van der Waals surface area contributed by atoms with Gasteiger partial charge in [0.05, 0.1) is 5.56 Å². The van der Waals surface area contributed by atoms with Gasteiger partial charge in [-0.1, -0.05) is 19.1 Å². The molecule has 0 aliphatic heterocycles. The first kappa shape index (κ1) is 8.95. The molecule has 0 fully saturated rings. The maximum absolute atomic E-state index is 8.73. The highest BCUT2D eigenvalue weighted by Crippen LogP contribution is 2.09. The summed E-state index contributed by atoms with van der Waals surface area (Å²) in [6.07, 6.45) is 0.913. The molecular weight excluding hydrogens is 168 g/mol. The number of pyridine rings is 1. The lowest BCUT2D eigenvalue weighted by molar-refractivity contribution is 1.01. The third-order valence-electron chi connectivity index (χ3n) is 1.78. The van der Waals surface area contributed by atoms with E-state index < -0.39 is 0 Å². The quantitative estimate of drug-likeness (QED) is 0.671. The fourth-order valence-corrected chi connectivity index (χ4v) is 1.42. The highest BCUT2D eigenvalue weighted by molar-refractivity contribution is 7.71. The Labute approximate surface area is 76.9 Å². The summed E-state index contributed by atoms with van der Waals surface area (Å²) < 4.78 is 0.550. The van der Waals surface area contributed by atoms with E-state index in [-0.39, 0.29) is 0 Å². The first-order valence-electron chi connectivity index (χ1n) is 3.82. The van der Waals surface area contributed by atoms with Crippen LogP contribution in [0.2, 0.25) is 0 Å². The number of nitriles is 1. The summed E-state index contributed by atoms with van der Waals surface area (Å²) in [5.74, 6) is 0. The van der Waals surface area contributed by atoms with Gasteiger partial charge < -0.3 is 4.98 Å². The van der Waals surface area contributed by atoms with Gasteiger partial charge in [-0.05, 0) is 25.0 Å². The summed E-state index contributed by atoms with van der Waals surface area (Å²) in [4.78, 5) is 3.01. The molecule has 0 saturated heterocycles. The van der Waals surface area contributed by atoms with Crippen LogP contribution in [0.3, 0.4) is 0 Å². The van der Waals surface area contributed by atoms with Gasteiger partial charge in [0.1, 0.15) is 10.7 Å². The summed E-state index contributed by atoms with van der Waals surface area (Å²) >= 11 is 5.01. The van der Waals surface area contributed by atoms with Gasteiger partial charge in [-0.25, -0.2) is 0 Å². The molecule has 62 valence electrons. The molecule has 0 aromatic carbocycles. The number of aromatic amines is 1. The normalized spacial score (nSPS) is 9.42. The van der Waals surface area contributed by atoms with Crippen LogP contribution in [0.25, 0.3) is 0 Å². The second-order valence-electron chi connectivity index (χ2n) is 2.65. The Hall–Kier alpha value is -1.14. The average Bonchev–Trinajstić information content (AvgIpc) is 2.03. The predicted octanol–water partition coefficient (Wildman–Crippen LogP) is 2.49. The Balaban J connectivity index is 3.41. The zero-order valence-corrected chi connectivity index (χ0v) is 7.96. The minimum Gasteiger partial charge on any atom is -0.349 e. The van der Waals surface area contributed by atoms with Crippen LogP contribution in [0, 0.1) is 22.9 Å². The highest BCUT2D eigenvalue weighted by Gasteiger charge is 2.00. The molecule has 1 aromatic rings. The molecule has 0 bridgehead atoms. The van der Waals surface area contributed by atoms with Crippen LogP contribution >= 0.6 is 12.2 Å². The van der Waals surface area contributed by atoms with Crippen molar-refractivity contribution in [1.29, 1.82) is 5.26 Å². The topological polar surface area (TPSA) is 39.6 Å². The first-order valence-corrected chi connectivity index (χ1v) is 4.22. The van der Waals surface area contributed by atoms with E-state index in [0.717, 1.165) is 17.7 Å². The number of nitrogens with one attached hydrogen (secondary N) is 1. The molecule has 0 unspecified atom stereocenters. The molecule has 2 nitrogen and oxygen atoms in total. The lowest BCUT2D eigenvalue weighted by Crippen LogP contribution is -1.93. The number of hydrogen-bond donors (Lipinski definition) is 1. The number of nitrogens with zero attached hydrogens (tertiary/aromatic N) is 1. The van der Waals surface area contributed by atoms with Crippen LogP contribution in [0.4, 0.5) is 0 Å². The van der Waals surface area contributed by atoms with E-state index in [0.29, 0.717) is 10.2 Å². The van der Waals surface area contributed by atoms with Gasteiger partial charge in [0, 0.05) is 5.69 Å². The van der Waals surface area contributed by atoms with Crippen LogP contribution in [0.1, 0.15) is 23.7 Å². The summed E-state index contributed by atoms with van der Waals surface area (Å²) in [7, 11) is 0. The molecule has 0 aliphatic rings. The monoisotopic (exact) mass is 178 g/mol. The maximum atomic E-state index is 8.73. The second kappa shape index (κ2) is 3.51. The predicted molar refractivity (Wildman–Crippen MR) is 50.5 cm³/mol. The molecule has 1 rings (SSSR count). The molecule has 12 heavy (non-hydrogen) atoms. The molecule has 1 heterocycles. The SMILES string of the molecule is CCc1cc(C)c(C#N)c(=S)[nH]1. The number of H-pyrrole nitrogens is 1. The molecule has 0 amide bonds. The first-order chi connectivity index (χ1) is 5.69. The Morgan fingerprint density at radius 1 is 1.67 bits per heavy atom. The van der Waals surface area contributed by atoms with E-state index in [2.05, 4.69) is 11.1 Å². The lowest BCUT2D eigenvalue weighted by Gasteiger charge is -2.01. The standard InChI is InChI=1S/C9H10N2S/c1-3-7-4-6(2)8(5-10)9(12)11-7/h4H,3H2,1-2H3,(H,11,12). The molecule has 0 aliphatic carbocycles. The van der Waals surface area contributed by atoms with Crippen LogP contribution in [-0.4, -0.2) is 4.98 Å². The van der Waals surface area contributed by atoms with Crippen molar-refractivity contribution < 1.29 is 0 Å². The molecule has 1 N–H and O–H groups in total. The van der Waals surface area contributed by atoms with E-state index >= 15 is 0 Å². The third-order valence-corrected chi connectivity index (χ3v) is 2.09. The lowest BCUT2D eigenvalue weighted by atomic mass is 10.1. The van der Waals surface area contributed by atoms with E-state index in [9.17, 15) is 0 Å². The van der Waals surface area contributed by atoms with E-state index in [4.69, 9.17) is 17.5 Å². The molecule has 3 heteroatoms. The molecule has 0 saturated carbocycles. The van der Waals surface area contributed by atoms with Gasteiger partial charge in [-0.2, -0.15) is 5.26 Å². The number of aromatic nitrogens is 1. The van der Waals surface area contributed by atoms with Crippen LogP contribution in [0.15, 0.2) is 6.07 Å². The Kier molecular flexibility index (Phi) is 2.61. The van der Waals surface area contributed by atoms with E-state index in [1.807, 2.05) is 19.9 Å². The number of rotatable bonds is 1. The Bertz CT molecular complexity index is 384. The Morgan fingerprint density at radius 3 is 2.75 bits per heavy atom. The van der Waals surface area contributed by atoms with E-state index in [1.54, 1.807) is 0 Å². The summed E-state index contributed by atoms with van der Waals surface area (Å²) in [5, 5.41) is 8.73. The zero-order chi connectivity index (χ0) is 9.14. The molecule has 0 radical (unpaired) electrons.